The van der Waals surface area contributed by atoms with Gasteiger partial charge in [0, 0.05) is 0 Å². The van der Waals surface area contributed by atoms with Crippen molar-refractivity contribution in [3.63, 3.8) is 0 Å². The number of oxime groups is 1. The summed E-state index contributed by atoms with van der Waals surface area (Å²) < 4.78 is 0. The molecule has 1 rings (SSSR count). The molecule has 1 fully saturated rings. The second-order valence-corrected chi connectivity index (χ2v) is 3.84. The van der Waals surface area contributed by atoms with E-state index in [-0.39, 0.29) is 17.6 Å². The van der Waals surface area contributed by atoms with Crippen molar-refractivity contribution in [3.8, 4) is 0 Å². The molecule has 0 heterocycles. The predicted octanol–water partition coefficient (Wildman–Crippen LogP) is 0.683. The number of rotatable bonds is 3. The largest absolute Gasteiger partial charge is 0.386 e. The molecular formula is C9H15N3O2S. The van der Waals surface area contributed by atoms with Gasteiger partial charge in [-0.3, -0.25) is 4.79 Å². The molecule has 1 aliphatic rings. The Balaban J connectivity index is 2.19. The molecule has 0 aromatic heterocycles. The number of nitrogens with two attached hydrogens (primary N) is 1. The Morgan fingerprint density at radius 1 is 1.47 bits per heavy atom. The highest BCUT2D eigenvalue weighted by molar-refractivity contribution is 7.80. The maximum absolute atomic E-state index is 11.0. The van der Waals surface area contributed by atoms with Crippen LogP contribution < -0.4 is 11.1 Å². The molecule has 6 heteroatoms. The van der Waals surface area contributed by atoms with E-state index in [9.17, 15) is 4.79 Å². The van der Waals surface area contributed by atoms with Gasteiger partial charge < -0.3 is 15.9 Å². The van der Waals surface area contributed by atoms with Crippen LogP contribution in [0.4, 0.5) is 0 Å². The molecule has 0 radical (unpaired) electrons. The lowest BCUT2D eigenvalue weighted by Gasteiger charge is -2.11. The van der Waals surface area contributed by atoms with Crippen molar-refractivity contribution in [2.75, 3.05) is 6.61 Å². The fourth-order valence-corrected chi connectivity index (χ4v) is 1.52. The lowest BCUT2D eigenvalue weighted by atomic mass is 9.99. The van der Waals surface area contributed by atoms with Crippen molar-refractivity contribution in [1.82, 2.24) is 5.32 Å². The third-order valence-electron chi connectivity index (χ3n) is 2.08. The first-order chi connectivity index (χ1) is 7.18. The van der Waals surface area contributed by atoms with Crippen LogP contribution >= 0.6 is 12.2 Å². The summed E-state index contributed by atoms with van der Waals surface area (Å²) in [6, 6.07) is 0. The molecule has 0 aromatic rings. The van der Waals surface area contributed by atoms with Crippen molar-refractivity contribution in [3.05, 3.63) is 0 Å². The molecule has 15 heavy (non-hydrogen) atoms. The van der Waals surface area contributed by atoms with Gasteiger partial charge in [0.25, 0.3) is 5.91 Å². The van der Waals surface area contributed by atoms with E-state index in [4.69, 9.17) is 10.6 Å². The van der Waals surface area contributed by atoms with Gasteiger partial charge in [0.15, 0.2) is 11.7 Å². The monoisotopic (exact) mass is 229 g/mol. The Bertz CT molecular complexity index is 271. The molecule has 0 bridgehead atoms. The van der Waals surface area contributed by atoms with E-state index in [1.165, 1.54) is 6.42 Å². The number of nitrogens with one attached hydrogen (secondary N) is 1. The fourth-order valence-electron chi connectivity index (χ4n) is 1.41. The number of amides is 1. The van der Waals surface area contributed by atoms with E-state index in [1.54, 1.807) is 0 Å². The van der Waals surface area contributed by atoms with E-state index < -0.39 is 0 Å². The number of carbonyl (C=O) groups excluding carboxylic acids is 1. The maximum atomic E-state index is 11.0. The number of thiocarbonyl (C=S) groups is 1. The Morgan fingerprint density at radius 3 is 2.73 bits per heavy atom. The Labute approximate surface area is 94.0 Å². The quantitative estimate of drug-likeness (QED) is 0.551. The van der Waals surface area contributed by atoms with Crippen molar-refractivity contribution in [1.29, 1.82) is 0 Å². The molecule has 0 saturated heterocycles. The standard InChI is InChI=1S/C9H15N3O2S/c10-9(15)11-8(13)6-14-12-7-4-2-1-3-5-7/h1-6H2,(H3,10,11,13,15). The SMILES string of the molecule is NC(=S)NC(=O)CON=C1CCCCC1. The van der Waals surface area contributed by atoms with Gasteiger partial charge in [0.05, 0.1) is 5.71 Å². The second kappa shape index (κ2) is 6.34. The smallest absolute Gasteiger partial charge is 0.266 e. The van der Waals surface area contributed by atoms with Crippen molar-refractivity contribution in [2.45, 2.75) is 32.1 Å². The molecule has 1 saturated carbocycles. The number of hydrogen-bond acceptors (Lipinski definition) is 4. The number of hydrogen-bond donors (Lipinski definition) is 2. The summed E-state index contributed by atoms with van der Waals surface area (Å²) in [7, 11) is 0. The Kier molecular flexibility index (Phi) is 5.03. The molecule has 0 aliphatic heterocycles. The zero-order valence-corrected chi connectivity index (χ0v) is 9.31. The first kappa shape index (κ1) is 11.9. The van der Waals surface area contributed by atoms with Crippen LogP contribution in [-0.4, -0.2) is 23.3 Å². The van der Waals surface area contributed by atoms with Gasteiger partial charge in [0.1, 0.15) is 0 Å². The first-order valence-corrected chi connectivity index (χ1v) is 5.36. The van der Waals surface area contributed by atoms with Crippen LogP contribution in [-0.2, 0) is 9.63 Å². The molecule has 0 aromatic carbocycles. The average molecular weight is 229 g/mol. The van der Waals surface area contributed by atoms with Gasteiger partial charge in [-0.25, -0.2) is 0 Å². The summed E-state index contributed by atoms with van der Waals surface area (Å²) >= 11 is 4.50. The number of carbonyl (C=O) groups is 1. The first-order valence-electron chi connectivity index (χ1n) is 4.95. The normalized spacial score (nSPS) is 15.6. The molecule has 3 N–H and O–H groups in total. The van der Waals surface area contributed by atoms with Gasteiger partial charge in [-0.15, -0.1) is 0 Å². The third-order valence-corrected chi connectivity index (χ3v) is 2.18. The van der Waals surface area contributed by atoms with Crippen LogP contribution in [0.15, 0.2) is 5.16 Å². The minimum atomic E-state index is -0.373. The molecular weight excluding hydrogens is 214 g/mol. The maximum Gasteiger partial charge on any atom is 0.266 e. The molecule has 84 valence electrons. The van der Waals surface area contributed by atoms with Crippen molar-refractivity contribution < 1.29 is 9.63 Å². The van der Waals surface area contributed by atoms with Gasteiger partial charge in [-0.1, -0.05) is 11.6 Å². The van der Waals surface area contributed by atoms with E-state index in [0.29, 0.717) is 0 Å². The van der Waals surface area contributed by atoms with Crippen LogP contribution in [0.2, 0.25) is 0 Å². The van der Waals surface area contributed by atoms with Crippen LogP contribution in [0.1, 0.15) is 32.1 Å². The molecule has 0 unspecified atom stereocenters. The Morgan fingerprint density at radius 2 is 2.13 bits per heavy atom. The lowest BCUT2D eigenvalue weighted by Crippen LogP contribution is -2.36. The van der Waals surface area contributed by atoms with Crippen LogP contribution in [0.5, 0.6) is 0 Å². The van der Waals surface area contributed by atoms with Gasteiger partial charge in [-0.2, -0.15) is 0 Å². The highest BCUT2D eigenvalue weighted by Crippen LogP contribution is 2.14. The highest BCUT2D eigenvalue weighted by Gasteiger charge is 2.07. The van der Waals surface area contributed by atoms with Crippen LogP contribution in [0, 0.1) is 0 Å². The minimum absolute atomic E-state index is 0.0473. The van der Waals surface area contributed by atoms with E-state index in [1.807, 2.05) is 0 Å². The van der Waals surface area contributed by atoms with Crippen molar-refractivity contribution in [2.24, 2.45) is 10.9 Å². The molecule has 1 aliphatic carbocycles. The Hall–Kier alpha value is -1.17. The summed E-state index contributed by atoms with van der Waals surface area (Å²) in [6.45, 7) is -0.138. The van der Waals surface area contributed by atoms with Crippen molar-refractivity contribution >= 4 is 28.9 Å². The van der Waals surface area contributed by atoms with Gasteiger partial charge >= 0.3 is 0 Å². The van der Waals surface area contributed by atoms with E-state index >= 15 is 0 Å². The number of nitrogens with zero attached hydrogens (tertiary/aromatic N) is 1. The average Bonchev–Trinajstić information content (AvgIpc) is 2.18. The minimum Gasteiger partial charge on any atom is -0.386 e. The highest BCUT2D eigenvalue weighted by atomic mass is 32.1. The topological polar surface area (TPSA) is 76.7 Å². The second-order valence-electron chi connectivity index (χ2n) is 3.40. The van der Waals surface area contributed by atoms with Crippen LogP contribution in [0.25, 0.3) is 0 Å². The van der Waals surface area contributed by atoms with E-state index in [0.717, 1.165) is 31.4 Å². The zero-order chi connectivity index (χ0) is 11.1. The summed E-state index contributed by atoms with van der Waals surface area (Å²) in [5, 5.41) is 6.11. The molecule has 0 spiro atoms. The fraction of sp³-hybridized carbons (Fsp3) is 0.667. The van der Waals surface area contributed by atoms with Crippen LogP contribution in [0.3, 0.4) is 0 Å². The zero-order valence-electron chi connectivity index (χ0n) is 8.49. The van der Waals surface area contributed by atoms with Gasteiger partial charge in [-0.05, 0) is 37.9 Å². The molecule has 0 atom stereocenters. The predicted molar refractivity (Wildman–Crippen MR) is 61.4 cm³/mol. The lowest BCUT2D eigenvalue weighted by molar-refractivity contribution is -0.124. The molecule has 5 nitrogen and oxygen atoms in total. The summed E-state index contributed by atoms with van der Waals surface area (Å²) in [6.07, 6.45) is 5.50. The summed E-state index contributed by atoms with van der Waals surface area (Å²) in [5.41, 5.74) is 6.15. The summed E-state index contributed by atoms with van der Waals surface area (Å²) in [5.74, 6) is -0.373. The summed E-state index contributed by atoms with van der Waals surface area (Å²) in [4.78, 5) is 15.9. The third kappa shape index (κ3) is 5.31. The van der Waals surface area contributed by atoms with E-state index in [2.05, 4.69) is 22.7 Å². The molecule has 1 amide bonds. The van der Waals surface area contributed by atoms with Gasteiger partial charge in [0.2, 0.25) is 0 Å².